The van der Waals surface area contributed by atoms with Gasteiger partial charge in [-0.1, -0.05) is 41.9 Å². The number of likely N-dealkylation sites (tertiary alicyclic amines) is 1. The summed E-state index contributed by atoms with van der Waals surface area (Å²) in [6.07, 6.45) is 5.43. The molecule has 0 radical (unpaired) electrons. The van der Waals surface area contributed by atoms with E-state index >= 15 is 0 Å². The third kappa shape index (κ3) is 3.10. The van der Waals surface area contributed by atoms with E-state index in [-0.39, 0.29) is 11.8 Å². The van der Waals surface area contributed by atoms with E-state index in [0.29, 0.717) is 5.52 Å². The summed E-state index contributed by atoms with van der Waals surface area (Å²) in [7, 11) is 0. The van der Waals surface area contributed by atoms with Crippen molar-refractivity contribution < 1.29 is 10.0 Å². The van der Waals surface area contributed by atoms with E-state index in [1.165, 1.54) is 24.2 Å². The largest absolute Gasteiger partial charge is 0.505 e. The lowest BCUT2D eigenvalue weighted by Crippen LogP contribution is -3.13. The molecule has 2 heterocycles. The number of nitrogens with one attached hydrogen (secondary N) is 1. The van der Waals surface area contributed by atoms with E-state index in [0.717, 1.165) is 34.6 Å². The maximum absolute atomic E-state index is 11.0. The van der Waals surface area contributed by atoms with Crippen LogP contribution in [0.15, 0.2) is 54.7 Å². The molecule has 2 N–H and O–H groups in total. The number of rotatable bonds is 3. The molecule has 0 amide bonds. The normalized spacial score (nSPS) is 16.8. The Balaban J connectivity index is 1.89. The molecule has 0 bridgehead atoms. The van der Waals surface area contributed by atoms with Gasteiger partial charge in [-0.15, -0.1) is 0 Å². The molecule has 4 rings (SSSR count). The lowest BCUT2D eigenvalue weighted by atomic mass is 9.93. The summed E-state index contributed by atoms with van der Waals surface area (Å²) in [5.41, 5.74) is 2.65. The van der Waals surface area contributed by atoms with Crippen molar-refractivity contribution in [2.75, 3.05) is 13.1 Å². The number of phenols is 1. The van der Waals surface area contributed by atoms with Gasteiger partial charge in [0.05, 0.1) is 23.7 Å². The molecule has 3 aromatic rings. The zero-order chi connectivity index (χ0) is 17.2. The Bertz CT molecular complexity index is 890. The van der Waals surface area contributed by atoms with E-state index in [9.17, 15) is 5.11 Å². The Morgan fingerprint density at radius 3 is 2.52 bits per heavy atom. The number of benzene rings is 2. The van der Waals surface area contributed by atoms with Gasteiger partial charge in [0.2, 0.25) is 0 Å². The minimum Gasteiger partial charge on any atom is -0.505 e. The fraction of sp³-hybridized carbons (Fsp3) is 0.286. The van der Waals surface area contributed by atoms with Gasteiger partial charge in [0.1, 0.15) is 11.6 Å². The van der Waals surface area contributed by atoms with Gasteiger partial charge in [-0.3, -0.25) is 4.98 Å². The molecule has 25 heavy (non-hydrogen) atoms. The van der Waals surface area contributed by atoms with Crippen molar-refractivity contribution in [3.63, 3.8) is 0 Å². The van der Waals surface area contributed by atoms with E-state index in [1.807, 2.05) is 42.5 Å². The Morgan fingerprint density at radius 2 is 1.72 bits per heavy atom. The molecule has 1 aliphatic rings. The molecule has 0 unspecified atom stereocenters. The number of fused-ring (bicyclic) bond motifs is 1. The first-order valence-corrected chi connectivity index (χ1v) is 9.29. The third-order valence-electron chi connectivity index (χ3n) is 5.21. The first-order valence-electron chi connectivity index (χ1n) is 8.91. The quantitative estimate of drug-likeness (QED) is 0.752. The molecule has 128 valence electrons. The molecule has 1 fully saturated rings. The second kappa shape index (κ2) is 7.03. The van der Waals surface area contributed by atoms with Crippen molar-refractivity contribution in [2.45, 2.75) is 25.3 Å². The third-order valence-corrected chi connectivity index (χ3v) is 5.55. The predicted octanol–water partition coefficient (Wildman–Crippen LogP) is 3.75. The molecule has 1 aliphatic heterocycles. The Morgan fingerprint density at radius 1 is 0.920 bits per heavy atom. The van der Waals surface area contributed by atoms with Crippen molar-refractivity contribution in [3.05, 3.63) is 70.9 Å². The highest BCUT2D eigenvalue weighted by Gasteiger charge is 2.32. The Kier molecular flexibility index (Phi) is 4.60. The molecule has 1 saturated heterocycles. The van der Waals surface area contributed by atoms with Crippen LogP contribution in [0.3, 0.4) is 0 Å². The summed E-state index contributed by atoms with van der Waals surface area (Å²) in [4.78, 5) is 5.86. The number of nitrogens with zero attached hydrogens (tertiary/aromatic N) is 1. The zero-order valence-corrected chi connectivity index (χ0v) is 14.8. The summed E-state index contributed by atoms with van der Waals surface area (Å²) < 4.78 is 0. The molecule has 0 saturated carbocycles. The van der Waals surface area contributed by atoms with Crippen molar-refractivity contribution in [1.82, 2.24) is 4.98 Å². The molecule has 2 aromatic carbocycles. The summed E-state index contributed by atoms with van der Waals surface area (Å²) in [6, 6.07) is 16.0. The monoisotopic (exact) mass is 353 g/mol. The van der Waals surface area contributed by atoms with Gasteiger partial charge in [0.25, 0.3) is 0 Å². The van der Waals surface area contributed by atoms with Gasteiger partial charge in [0, 0.05) is 17.1 Å². The van der Waals surface area contributed by atoms with E-state index in [4.69, 9.17) is 11.6 Å². The molecule has 1 atom stereocenters. The average molecular weight is 354 g/mol. The van der Waals surface area contributed by atoms with Gasteiger partial charge < -0.3 is 10.0 Å². The average Bonchev–Trinajstić information content (AvgIpc) is 2.66. The molecular formula is C21H22ClN2O+. The smallest absolute Gasteiger partial charge is 0.151 e. The predicted molar refractivity (Wildman–Crippen MR) is 101 cm³/mol. The summed E-state index contributed by atoms with van der Waals surface area (Å²) in [5, 5.41) is 12.7. The number of halogens is 1. The number of phenolic OH excluding ortho intramolecular Hbond substituents is 1. The highest BCUT2D eigenvalue weighted by Crippen LogP contribution is 2.35. The Labute approximate surface area is 152 Å². The molecule has 0 spiro atoms. The van der Waals surface area contributed by atoms with Crippen LogP contribution >= 0.6 is 11.6 Å². The van der Waals surface area contributed by atoms with Crippen LogP contribution in [0, 0.1) is 0 Å². The molecule has 1 aromatic heterocycles. The maximum Gasteiger partial charge on any atom is 0.151 e. The van der Waals surface area contributed by atoms with Crippen molar-refractivity contribution >= 4 is 22.5 Å². The van der Waals surface area contributed by atoms with E-state index in [1.54, 1.807) is 6.20 Å². The van der Waals surface area contributed by atoms with Gasteiger partial charge in [-0.2, -0.15) is 0 Å². The van der Waals surface area contributed by atoms with E-state index in [2.05, 4.69) is 11.1 Å². The van der Waals surface area contributed by atoms with Crippen LogP contribution < -0.4 is 4.90 Å². The zero-order valence-electron chi connectivity index (χ0n) is 14.1. The second-order valence-electron chi connectivity index (χ2n) is 6.75. The van der Waals surface area contributed by atoms with E-state index < -0.39 is 0 Å². The minimum absolute atomic E-state index is 0.0282. The first-order chi connectivity index (χ1) is 12.3. The van der Waals surface area contributed by atoms with Crippen molar-refractivity contribution in [2.24, 2.45) is 0 Å². The van der Waals surface area contributed by atoms with Crippen LogP contribution in [0.2, 0.25) is 5.02 Å². The second-order valence-corrected chi connectivity index (χ2v) is 7.16. The van der Waals surface area contributed by atoms with Crippen LogP contribution in [0.5, 0.6) is 5.75 Å². The lowest BCUT2D eigenvalue weighted by Gasteiger charge is -2.33. The number of quaternary nitrogens is 1. The number of pyridine rings is 1. The molecule has 3 nitrogen and oxygen atoms in total. The van der Waals surface area contributed by atoms with Gasteiger partial charge in [0.15, 0.2) is 5.75 Å². The lowest BCUT2D eigenvalue weighted by molar-refractivity contribution is -0.930. The fourth-order valence-corrected chi connectivity index (χ4v) is 4.23. The van der Waals surface area contributed by atoms with Crippen LogP contribution in [-0.2, 0) is 0 Å². The van der Waals surface area contributed by atoms with Crippen molar-refractivity contribution in [3.8, 4) is 5.75 Å². The first kappa shape index (κ1) is 16.4. The standard InChI is InChI=1S/C21H21ClN2O/c22-18-9-3-2-8-16(18)20(24-13-4-1-5-14-24)17-11-10-15-7-6-12-23-19(15)21(17)25/h2-3,6-12,20,25H,1,4-5,13-14H2/p+1/t20-/m1/s1. The highest BCUT2D eigenvalue weighted by molar-refractivity contribution is 6.31. The summed E-state index contributed by atoms with van der Waals surface area (Å²) >= 11 is 6.55. The van der Waals surface area contributed by atoms with Crippen LogP contribution in [0.4, 0.5) is 0 Å². The molecule has 0 aliphatic carbocycles. The molecule has 4 heteroatoms. The number of piperidine rings is 1. The number of aromatic hydroxyl groups is 1. The van der Waals surface area contributed by atoms with Crippen molar-refractivity contribution in [1.29, 1.82) is 0 Å². The van der Waals surface area contributed by atoms with Crippen LogP contribution in [0.1, 0.15) is 36.4 Å². The summed E-state index contributed by atoms with van der Waals surface area (Å²) in [5.74, 6) is 0.279. The topological polar surface area (TPSA) is 37.6 Å². The van der Waals surface area contributed by atoms with Gasteiger partial charge >= 0.3 is 0 Å². The molecular weight excluding hydrogens is 332 g/mol. The fourth-order valence-electron chi connectivity index (χ4n) is 3.99. The van der Waals surface area contributed by atoms with Crippen LogP contribution in [0.25, 0.3) is 10.9 Å². The maximum atomic E-state index is 11.0. The number of hydrogen-bond acceptors (Lipinski definition) is 2. The number of aromatic nitrogens is 1. The highest BCUT2D eigenvalue weighted by atomic mass is 35.5. The Hall–Kier alpha value is -2.10. The summed E-state index contributed by atoms with van der Waals surface area (Å²) in [6.45, 7) is 2.19. The van der Waals surface area contributed by atoms with Gasteiger partial charge in [-0.05, 0) is 37.5 Å². The van der Waals surface area contributed by atoms with Gasteiger partial charge in [-0.25, -0.2) is 0 Å². The number of hydrogen-bond donors (Lipinski definition) is 2. The minimum atomic E-state index is 0.0282. The SMILES string of the molecule is Oc1c([C@@H](c2ccccc2Cl)[NH+]2CCCCC2)ccc2cccnc12. The van der Waals surface area contributed by atoms with Crippen LogP contribution in [-0.4, -0.2) is 23.2 Å².